The van der Waals surface area contributed by atoms with E-state index in [2.05, 4.69) is 41.7 Å². The number of hydrogen-bond acceptors (Lipinski definition) is 3. The van der Waals surface area contributed by atoms with Gasteiger partial charge in [-0.05, 0) is 36.5 Å². The van der Waals surface area contributed by atoms with Gasteiger partial charge in [-0.15, -0.1) is 0 Å². The van der Waals surface area contributed by atoms with Crippen molar-refractivity contribution in [3.63, 3.8) is 0 Å². The second kappa shape index (κ2) is 10.2. The average Bonchev–Trinajstić information content (AvgIpc) is 2.68. The molecule has 2 aromatic carbocycles. The summed E-state index contributed by atoms with van der Waals surface area (Å²) in [5, 5.41) is 3.13. The summed E-state index contributed by atoms with van der Waals surface area (Å²) in [5.74, 6) is -0.509. The number of carbonyl (C=O) groups excluding carboxylic acids is 2. The van der Waals surface area contributed by atoms with Crippen LogP contribution in [-0.2, 0) is 20.7 Å². The van der Waals surface area contributed by atoms with Gasteiger partial charge in [0.2, 0.25) is 5.91 Å². The molecule has 0 unspecified atom stereocenters. The number of esters is 1. The molecule has 0 saturated heterocycles. The molecule has 0 aliphatic carbocycles. The lowest BCUT2D eigenvalue weighted by atomic mass is 9.91. The van der Waals surface area contributed by atoms with E-state index in [4.69, 9.17) is 4.74 Å². The predicted octanol–water partition coefficient (Wildman–Crippen LogP) is 5.02. The number of nitrogens with one attached hydrogen (secondary N) is 1. The molecule has 156 valence electrons. The first-order chi connectivity index (χ1) is 13.7. The van der Waals surface area contributed by atoms with E-state index < -0.39 is 5.41 Å². The first-order valence-electron chi connectivity index (χ1n) is 10.3. The van der Waals surface area contributed by atoms with Crippen molar-refractivity contribution in [1.82, 2.24) is 5.32 Å². The Morgan fingerprint density at radius 2 is 1.55 bits per heavy atom. The van der Waals surface area contributed by atoms with Crippen LogP contribution in [-0.4, -0.2) is 24.5 Å². The van der Waals surface area contributed by atoms with E-state index in [0.717, 1.165) is 11.1 Å². The number of ether oxygens (including phenoxy) is 1. The van der Waals surface area contributed by atoms with Gasteiger partial charge in [-0.2, -0.15) is 0 Å². The first kappa shape index (κ1) is 22.7. The third-order valence-electron chi connectivity index (χ3n) is 4.89. The Hall–Kier alpha value is -2.62. The zero-order valence-electron chi connectivity index (χ0n) is 18.2. The molecule has 0 aliphatic heterocycles. The van der Waals surface area contributed by atoms with Gasteiger partial charge in [-0.1, -0.05) is 82.3 Å². The minimum atomic E-state index is -0.484. The molecule has 29 heavy (non-hydrogen) atoms. The van der Waals surface area contributed by atoms with Gasteiger partial charge in [-0.3, -0.25) is 9.59 Å². The van der Waals surface area contributed by atoms with Crippen LogP contribution in [0.4, 0.5) is 0 Å². The van der Waals surface area contributed by atoms with Crippen LogP contribution in [0, 0.1) is 11.3 Å². The average molecular weight is 396 g/mol. The van der Waals surface area contributed by atoms with Crippen LogP contribution in [0.2, 0.25) is 0 Å². The summed E-state index contributed by atoms with van der Waals surface area (Å²) in [6.45, 7) is 9.70. The van der Waals surface area contributed by atoms with Crippen molar-refractivity contribution < 1.29 is 14.3 Å². The molecule has 4 nitrogen and oxygen atoms in total. The second-order valence-electron chi connectivity index (χ2n) is 8.58. The van der Waals surface area contributed by atoms with Crippen molar-refractivity contribution in [2.24, 2.45) is 11.3 Å². The minimum absolute atomic E-state index is 0.0144. The maximum atomic E-state index is 12.6. The van der Waals surface area contributed by atoms with Gasteiger partial charge < -0.3 is 10.1 Å². The van der Waals surface area contributed by atoms with Gasteiger partial charge >= 0.3 is 5.97 Å². The van der Waals surface area contributed by atoms with E-state index in [9.17, 15) is 9.59 Å². The highest BCUT2D eigenvalue weighted by Gasteiger charge is 2.27. The lowest BCUT2D eigenvalue weighted by Gasteiger charge is -2.26. The number of carbonyl (C=O) groups is 2. The van der Waals surface area contributed by atoms with Crippen LogP contribution in [0.1, 0.15) is 46.6 Å². The van der Waals surface area contributed by atoms with Gasteiger partial charge in [-0.25, -0.2) is 0 Å². The summed E-state index contributed by atoms with van der Waals surface area (Å²) < 4.78 is 5.14. The maximum absolute atomic E-state index is 12.6. The highest BCUT2D eigenvalue weighted by Crippen LogP contribution is 2.21. The fourth-order valence-corrected chi connectivity index (χ4v) is 3.15. The summed E-state index contributed by atoms with van der Waals surface area (Å²) in [7, 11) is 0. The van der Waals surface area contributed by atoms with Crippen LogP contribution in [0.25, 0.3) is 11.1 Å². The highest BCUT2D eigenvalue weighted by atomic mass is 16.5. The fourth-order valence-electron chi connectivity index (χ4n) is 3.15. The monoisotopic (exact) mass is 395 g/mol. The maximum Gasteiger partial charge on any atom is 0.308 e. The Kier molecular flexibility index (Phi) is 8.00. The molecule has 2 rings (SSSR count). The van der Waals surface area contributed by atoms with E-state index in [0.29, 0.717) is 19.4 Å². The molecule has 0 bridgehead atoms. The Bertz CT molecular complexity index is 791. The second-order valence-corrected chi connectivity index (χ2v) is 8.58. The van der Waals surface area contributed by atoms with E-state index in [1.165, 1.54) is 5.56 Å². The molecule has 0 saturated carbocycles. The number of rotatable bonds is 8. The van der Waals surface area contributed by atoms with Gasteiger partial charge in [0.25, 0.3) is 0 Å². The van der Waals surface area contributed by atoms with Crippen molar-refractivity contribution >= 4 is 11.9 Å². The molecule has 0 fully saturated rings. The quantitative estimate of drug-likeness (QED) is 0.639. The van der Waals surface area contributed by atoms with E-state index in [-0.39, 0.29) is 23.8 Å². The van der Waals surface area contributed by atoms with Crippen molar-refractivity contribution in [3.05, 3.63) is 60.2 Å². The van der Waals surface area contributed by atoms with Crippen LogP contribution in [0.5, 0.6) is 0 Å². The zero-order chi connectivity index (χ0) is 21.4. The Morgan fingerprint density at radius 1 is 0.966 bits per heavy atom. The lowest BCUT2D eigenvalue weighted by Crippen LogP contribution is -2.44. The molecule has 1 N–H and O–H groups in total. The molecule has 0 aromatic heterocycles. The standard InChI is InChI=1S/C25H33NO3/c1-6-29-23(27)18(2)16-22(26-24(28)25(3,4)5)17-19-12-14-21(15-13-19)20-10-8-7-9-11-20/h7-15,18,22H,6,16-17H2,1-5H3,(H,26,28)/t18-,22+/m1/s1. The van der Waals surface area contributed by atoms with Crippen molar-refractivity contribution in [3.8, 4) is 11.1 Å². The lowest BCUT2D eigenvalue weighted by molar-refractivity contribution is -0.148. The molecule has 0 radical (unpaired) electrons. The highest BCUT2D eigenvalue weighted by molar-refractivity contribution is 5.81. The van der Waals surface area contributed by atoms with Gasteiger partial charge in [0.1, 0.15) is 0 Å². The Morgan fingerprint density at radius 3 is 2.10 bits per heavy atom. The third-order valence-corrected chi connectivity index (χ3v) is 4.89. The third kappa shape index (κ3) is 7.04. The first-order valence-corrected chi connectivity index (χ1v) is 10.3. The van der Waals surface area contributed by atoms with Crippen molar-refractivity contribution in [1.29, 1.82) is 0 Å². The predicted molar refractivity (Wildman–Crippen MR) is 117 cm³/mol. The van der Waals surface area contributed by atoms with Crippen LogP contribution in [0.3, 0.4) is 0 Å². The van der Waals surface area contributed by atoms with Gasteiger partial charge in [0.15, 0.2) is 0 Å². The SMILES string of the molecule is CCOC(=O)[C@H](C)C[C@@H](Cc1ccc(-c2ccccc2)cc1)NC(=O)C(C)(C)C. The zero-order valence-corrected chi connectivity index (χ0v) is 18.2. The van der Waals surface area contributed by atoms with E-state index in [1.807, 2.05) is 45.9 Å². The summed E-state index contributed by atoms with van der Waals surface area (Å²) in [6, 6.07) is 18.5. The van der Waals surface area contributed by atoms with Crippen LogP contribution >= 0.6 is 0 Å². The largest absolute Gasteiger partial charge is 0.466 e. The molecule has 1 amide bonds. The van der Waals surface area contributed by atoms with Gasteiger partial charge in [0, 0.05) is 11.5 Å². The normalized spacial score (nSPS) is 13.4. The fraction of sp³-hybridized carbons (Fsp3) is 0.440. The van der Waals surface area contributed by atoms with Crippen LogP contribution in [0.15, 0.2) is 54.6 Å². The number of amides is 1. The van der Waals surface area contributed by atoms with Crippen molar-refractivity contribution in [2.75, 3.05) is 6.61 Å². The van der Waals surface area contributed by atoms with E-state index >= 15 is 0 Å². The number of hydrogen-bond donors (Lipinski definition) is 1. The summed E-state index contributed by atoms with van der Waals surface area (Å²) >= 11 is 0. The summed E-state index contributed by atoms with van der Waals surface area (Å²) in [4.78, 5) is 24.6. The minimum Gasteiger partial charge on any atom is -0.466 e. The molecule has 0 spiro atoms. The topological polar surface area (TPSA) is 55.4 Å². The molecule has 0 aliphatic rings. The molecular formula is C25H33NO3. The molecule has 4 heteroatoms. The van der Waals surface area contributed by atoms with Gasteiger partial charge in [0.05, 0.1) is 12.5 Å². The summed E-state index contributed by atoms with van der Waals surface area (Å²) in [6.07, 6.45) is 1.21. The summed E-state index contributed by atoms with van der Waals surface area (Å²) in [5.41, 5.74) is 2.97. The van der Waals surface area contributed by atoms with E-state index in [1.54, 1.807) is 6.92 Å². The Balaban J connectivity index is 2.13. The number of benzene rings is 2. The molecular weight excluding hydrogens is 362 g/mol. The van der Waals surface area contributed by atoms with Crippen molar-refractivity contribution in [2.45, 2.75) is 53.5 Å². The smallest absolute Gasteiger partial charge is 0.308 e. The molecule has 0 heterocycles. The Labute approximate surface area is 174 Å². The molecule has 2 atom stereocenters. The molecule has 2 aromatic rings. The van der Waals surface area contributed by atoms with Crippen LogP contribution < -0.4 is 5.32 Å².